The minimum Gasteiger partial charge on any atom is -0.495 e. The smallest absolute Gasteiger partial charge is 0.168 e. The number of fused-ring (bicyclic) bond motifs is 1. The average Bonchev–Trinajstić information content (AvgIpc) is 2.84. The van der Waals surface area contributed by atoms with E-state index in [9.17, 15) is 0 Å². The largest absolute Gasteiger partial charge is 0.495 e. The van der Waals surface area contributed by atoms with Crippen LogP contribution in [0.3, 0.4) is 0 Å². The highest BCUT2D eigenvalue weighted by molar-refractivity contribution is 5.75. The zero-order valence-electron chi connectivity index (χ0n) is 10.2. The summed E-state index contributed by atoms with van der Waals surface area (Å²) < 4.78 is 7.26. The lowest BCUT2D eigenvalue weighted by atomic mass is 10.3. The highest BCUT2D eigenvalue weighted by Gasteiger charge is 2.11. The molecule has 0 radical (unpaired) electrons. The molecular formula is C13H12N4O. The SMILES string of the molecule is COc1ccccc1-n1cnc2c(C)ncnc21. The molecule has 0 aliphatic heterocycles. The Morgan fingerprint density at radius 3 is 2.78 bits per heavy atom. The second-order valence-corrected chi connectivity index (χ2v) is 3.92. The Bertz CT molecular complexity index is 705. The first-order chi connectivity index (χ1) is 8.81. The summed E-state index contributed by atoms with van der Waals surface area (Å²) in [6.07, 6.45) is 3.29. The molecule has 5 heteroatoms. The van der Waals surface area contributed by atoms with E-state index in [2.05, 4.69) is 15.0 Å². The number of ether oxygens (including phenoxy) is 1. The third-order valence-electron chi connectivity index (χ3n) is 2.86. The lowest BCUT2D eigenvalue weighted by molar-refractivity contribution is 0.413. The Morgan fingerprint density at radius 2 is 1.94 bits per heavy atom. The van der Waals surface area contributed by atoms with Gasteiger partial charge in [-0.3, -0.25) is 4.57 Å². The van der Waals surface area contributed by atoms with E-state index in [-0.39, 0.29) is 0 Å². The van der Waals surface area contributed by atoms with E-state index in [0.717, 1.165) is 28.3 Å². The number of rotatable bonds is 2. The molecule has 90 valence electrons. The van der Waals surface area contributed by atoms with Gasteiger partial charge in [0.2, 0.25) is 0 Å². The number of nitrogens with zero attached hydrogens (tertiary/aromatic N) is 4. The van der Waals surface area contributed by atoms with Gasteiger partial charge in [0.1, 0.15) is 23.9 Å². The van der Waals surface area contributed by atoms with Crippen molar-refractivity contribution in [1.82, 2.24) is 19.5 Å². The first kappa shape index (κ1) is 10.7. The maximum Gasteiger partial charge on any atom is 0.168 e. The van der Waals surface area contributed by atoms with Crippen LogP contribution in [-0.4, -0.2) is 26.6 Å². The van der Waals surface area contributed by atoms with Gasteiger partial charge in [0, 0.05) is 0 Å². The van der Waals surface area contributed by atoms with Crippen molar-refractivity contribution in [2.45, 2.75) is 6.92 Å². The molecule has 5 nitrogen and oxygen atoms in total. The molecule has 18 heavy (non-hydrogen) atoms. The fourth-order valence-electron chi connectivity index (χ4n) is 1.96. The van der Waals surface area contributed by atoms with Crippen LogP contribution in [0.1, 0.15) is 5.69 Å². The molecule has 0 saturated carbocycles. The van der Waals surface area contributed by atoms with Gasteiger partial charge in [-0.2, -0.15) is 0 Å². The van der Waals surface area contributed by atoms with Crippen LogP contribution in [-0.2, 0) is 0 Å². The van der Waals surface area contributed by atoms with Crippen molar-refractivity contribution in [3.05, 3.63) is 42.6 Å². The summed E-state index contributed by atoms with van der Waals surface area (Å²) in [7, 11) is 1.65. The average molecular weight is 240 g/mol. The van der Waals surface area contributed by atoms with Gasteiger partial charge in [-0.15, -0.1) is 0 Å². The van der Waals surface area contributed by atoms with E-state index < -0.39 is 0 Å². The number of para-hydroxylation sites is 2. The van der Waals surface area contributed by atoms with E-state index in [4.69, 9.17) is 4.74 Å². The van der Waals surface area contributed by atoms with Crippen molar-refractivity contribution < 1.29 is 4.74 Å². The van der Waals surface area contributed by atoms with Crippen LogP contribution >= 0.6 is 0 Å². The zero-order valence-corrected chi connectivity index (χ0v) is 10.2. The van der Waals surface area contributed by atoms with E-state index in [1.165, 1.54) is 0 Å². The predicted molar refractivity (Wildman–Crippen MR) is 67.9 cm³/mol. The third kappa shape index (κ3) is 1.52. The summed E-state index contributed by atoms with van der Waals surface area (Å²) in [6, 6.07) is 7.77. The minimum atomic E-state index is 0.784. The number of hydrogen-bond acceptors (Lipinski definition) is 4. The summed E-state index contributed by atoms with van der Waals surface area (Å²) in [5.74, 6) is 0.785. The monoisotopic (exact) mass is 240 g/mol. The molecule has 3 aromatic rings. The third-order valence-corrected chi connectivity index (χ3v) is 2.86. The Kier molecular flexibility index (Phi) is 2.44. The first-order valence-corrected chi connectivity index (χ1v) is 5.59. The van der Waals surface area contributed by atoms with Crippen LogP contribution in [0.25, 0.3) is 16.9 Å². The molecule has 0 unspecified atom stereocenters. The van der Waals surface area contributed by atoms with Crippen LogP contribution in [0.4, 0.5) is 0 Å². The predicted octanol–water partition coefficient (Wildman–Crippen LogP) is 2.13. The molecule has 0 N–H and O–H groups in total. The summed E-state index contributed by atoms with van der Waals surface area (Å²) in [5.41, 5.74) is 3.38. The van der Waals surface area contributed by atoms with Gasteiger partial charge in [-0.1, -0.05) is 12.1 Å². The number of aryl methyl sites for hydroxylation is 1. The van der Waals surface area contributed by atoms with E-state index in [1.807, 2.05) is 35.8 Å². The fourth-order valence-corrected chi connectivity index (χ4v) is 1.96. The molecule has 2 aromatic heterocycles. The van der Waals surface area contributed by atoms with Crippen LogP contribution in [0.15, 0.2) is 36.9 Å². The summed E-state index contributed by atoms with van der Waals surface area (Å²) in [4.78, 5) is 12.8. The molecule has 0 amide bonds. The Labute approximate surface area is 104 Å². The Balaban J connectivity index is 2.29. The van der Waals surface area contributed by atoms with Crippen molar-refractivity contribution >= 4 is 11.2 Å². The number of imidazole rings is 1. The fraction of sp³-hybridized carbons (Fsp3) is 0.154. The number of aromatic nitrogens is 4. The normalized spacial score (nSPS) is 10.8. The molecule has 3 rings (SSSR count). The molecule has 0 bridgehead atoms. The van der Waals surface area contributed by atoms with Crippen LogP contribution in [0.2, 0.25) is 0 Å². The van der Waals surface area contributed by atoms with Gasteiger partial charge >= 0.3 is 0 Å². The molecule has 0 atom stereocenters. The van der Waals surface area contributed by atoms with Crippen LogP contribution in [0.5, 0.6) is 5.75 Å². The van der Waals surface area contributed by atoms with Gasteiger partial charge in [0.15, 0.2) is 5.65 Å². The minimum absolute atomic E-state index is 0.784. The number of methoxy groups -OCH3 is 1. The first-order valence-electron chi connectivity index (χ1n) is 5.59. The molecule has 0 fully saturated rings. The Hall–Kier alpha value is -2.43. The maximum atomic E-state index is 5.36. The van der Waals surface area contributed by atoms with Gasteiger partial charge in [-0.25, -0.2) is 15.0 Å². The van der Waals surface area contributed by atoms with Crippen molar-refractivity contribution in [2.75, 3.05) is 7.11 Å². The Morgan fingerprint density at radius 1 is 1.11 bits per heavy atom. The molecule has 0 spiro atoms. The highest BCUT2D eigenvalue weighted by atomic mass is 16.5. The summed E-state index contributed by atoms with van der Waals surface area (Å²) >= 11 is 0. The topological polar surface area (TPSA) is 52.8 Å². The molecule has 1 aromatic carbocycles. The van der Waals surface area contributed by atoms with Gasteiger partial charge in [0.25, 0.3) is 0 Å². The van der Waals surface area contributed by atoms with E-state index in [0.29, 0.717) is 0 Å². The van der Waals surface area contributed by atoms with E-state index in [1.54, 1.807) is 19.8 Å². The van der Waals surface area contributed by atoms with Crippen LogP contribution < -0.4 is 4.74 Å². The van der Waals surface area contributed by atoms with Gasteiger partial charge in [-0.05, 0) is 19.1 Å². The lowest BCUT2D eigenvalue weighted by Crippen LogP contribution is -1.98. The van der Waals surface area contributed by atoms with Gasteiger partial charge in [0.05, 0.1) is 18.5 Å². The molecule has 2 heterocycles. The summed E-state index contributed by atoms with van der Waals surface area (Å²) in [5, 5.41) is 0. The van der Waals surface area contributed by atoms with Crippen molar-refractivity contribution in [2.24, 2.45) is 0 Å². The van der Waals surface area contributed by atoms with Crippen molar-refractivity contribution in [1.29, 1.82) is 0 Å². The lowest BCUT2D eigenvalue weighted by Gasteiger charge is -2.08. The second kappa shape index (κ2) is 4.10. The number of benzene rings is 1. The maximum absolute atomic E-state index is 5.36. The highest BCUT2D eigenvalue weighted by Crippen LogP contribution is 2.25. The van der Waals surface area contributed by atoms with Crippen molar-refractivity contribution in [3.8, 4) is 11.4 Å². The molecule has 0 aliphatic carbocycles. The number of hydrogen-bond donors (Lipinski definition) is 0. The molecule has 0 saturated heterocycles. The molecular weight excluding hydrogens is 228 g/mol. The second-order valence-electron chi connectivity index (χ2n) is 3.92. The van der Waals surface area contributed by atoms with E-state index >= 15 is 0 Å². The molecule has 0 aliphatic rings. The van der Waals surface area contributed by atoms with Crippen LogP contribution in [0, 0.1) is 6.92 Å². The summed E-state index contributed by atoms with van der Waals surface area (Å²) in [6.45, 7) is 1.92. The quantitative estimate of drug-likeness (QED) is 0.688. The zero-order chi connectivity index (χ0) is 12.5. The standard InChI is InChI=1S/C13H12N4O/c1-9-12-13(15-7-14-9)17(8-16-12)10-5-3-4-6-11(10)18-2/h3-8H,1-2H3. The van der Waals surface area contributed by atoms with Crippen molar-refractivity contribution in [3.63, 3.8) is 0 Å². The van der Waals surface area contributed by atoms with Gasteiger partial charge < -0.3 is 4.74 Å².